The van der Waals surface area contributed by atoms with Gasteiger partial charge in [0.1, 0.15) is 0 Å². The van der Waals surface area contributed by atoms with Gasteiger partial charge in [-0.15, -0.1) is 0 Å². The summed E-state index contributed by atoms with van der Waals surface area (Å²) in [6.45, 7) is 4.87. The summed E-state index contributed by atoms with van der Waals surface area (Å²) in [5.74, 6) is 0. The van der Waals surface area contributed by atoms with Gasteiger partial charge in [0.15, 0.2) is 0 Å². The van der Waals surface area contributed by atoms with E-state index in [0.717, 1.165) is 62.0 Å². The fraction of sp³-hybridized carbons (Fsp3) is 0.231. The van der Waals surface area contributed by atoms with Crippen LogP contribution >= 0.6 is 0 Å². The van der Waals surface area contributed by atoms with E-state index in [0.29, 0.717) is 0 Å². The third-order valence-corrected chi connectivity index (χ3v) is 5.18. The molecule has 4 rings (SSSR count). The maximum atomic E-state index is 4.53. The summed E-state index contributed by atoms with van der Waals surface area (Å²) in [5.41, 5.74) is 4.24. The van der Waals surface area contributed by atoms with Gasteiger partial charge in [0.25, 0.3) is 0 Å². The molecule has 0 saturated carbocycles. The van der Waals surface area contributed by atoms with E-state index in [1.54, 1.807) is 0 Å². The van der Waals surface area contributed by atoms with Crippen molar-refractivity contribution in [3.63, 3.8) is 0 Å². The van der Waals surface area contributed by atoms with Crippen LogP contribution in [0.1, 0.15) is 22.8 Å². The van der Waals surface area contributed by atoms with Crippen LogP contribution in [0.15, 0.2) is 97.6 Å². The largest absolute Gasteiger partial charge is 1.00 e. The van der Waals surface area contributed by atoms with Gasteiger partial charge in [-0.25, -0.2) is 0 Å². The number of nitrogens with zero attached hydrogens (tertiary/aromatic N) is 6. The Morgan fingerprint density at radius 1 is 0.441 bits per heavy atom. The maximum Gasteiger partial charge on any atom is 0.0544 e. The first kappa shape index (κ1) is 27.8. The second-order valence-electron chi connectivity index (χ2n) is 7.71. The molecule has 0 fully saturated rings. The third-order valence-electron chi connectivity index (χ3n) is 5.18. The predicted octanol–water partition coefficient (Wildman–Crippen LogP) is 0.973. The summed E-state index contributed by atoms with van der Waals surface area (Å²) < 4.78 is 0. The van der Waals surface area contributed by atoms with E-state index in [-0.39, 0.29) is 34.1 Å². The van der Waals surface area contributed by atoms with Gasteiger partial charge in [0.2, 0.25) is 0 Å². The molecule has 0 bridgehead atoms. The maximum absolute atomic E-state index is 4.53. The SMILES string of the molecule is [Br-].[Cu].c1ccc(CN(CCN(Cc2ccccn2)Cc2ccccn2)Cc2ccccn2)nc1. The van der Waals surface area contributed by atoms with Crippen molar-refractivity contribution in [2.75, 3.05) is 13.1 Å². The molecule has 34 heavy (non-hydrogen) atoms. The Labute approximate surface area is 222 Å². The van der Waals surface area contributed by atoms with Crippen LogP contribution in [0.2, 0.25) is 0 Å². The molecule has 1 radical (unpaired) electrons. The van der Waals surface area contributed by atoms with Crippen LogP contribution in [-0.2, 0) is 43.2 Å². The van der Waals surface area contributed by atoms with Crippen molar-refractivity contribution >= 4 is 0 Å². The fourth-order valence-electron chi connectivity index (χ4n) is 3.59. The molecule has 181 valence electrons. The van der Waals surface area contributed by atoms with Crippen molar-refractivity contribution in [1.82, 2.24) is 29.7 Å². The van der Waals surface area contributed by atoms with Crippen LogP contribution in [0.5, 0.6) is 0 Å². The van der Waals surface area contributed by atoms with Gasteiger partial charge in [-0.05, 0) is 48.5 Å². The summed E-state index contributed by atoms with van der Waals surface area (Å²) in [6, 6.07) is 24.3. The van der Waals surface area contributed by atoms with Crippen LogP contribution in [0, 0.1) is 0 Å². The van der Waals surface area contributed by atoms with E-state index >= 15 is 0 Å². The minimum absolute atomic E-state index is 0. The second-order valence-corrected chi connectivity index (χ2v) is 7.71. The molecule has 4 heterocycles. The van der Waals surface area contributed by atoms with E-state index in [9.17, 15) is 0 Å². The summed E-state index contributed by atoms with van der Waals surface area (Å²) in [5, 5.41) is 0. The number of aromatic nitrogens is 4. The van der Waals surface area contributed by atoms with E-state index in [2.05, 4.69) is 54.0 Å². The monoisotopic (exact) mass is 566 g/mol. The molecule has 4 aromatic rings. The first-order valence-electron chi connectivity index (χ1n) is 10.9. The Hall–Kier alpha value is -2.48. The quantitative estimate of drug-likeness (QED) is 0.252. The van der Waals surface area contributed by atoms with E-state index in [1.807, 2.05) is 73.3 Å². The molecule has 0 amide bonds. The Kier molecular flexibility index (Phi) is 12.6. The van der Waals surface area contributed by atoms with Crippen molar-refractivity contribution in [2.24, 2.45) is 0 Å². The Bertz CT molecular complexity index is 872. The zero-order valence-corrected chi connectivity index (χ0v) is 21.4. The molecule has 6 nitrogen and oxygen atoms in total. The molecule has 0 aliphatic rings. The number of rotatable bonds is 11. The van der Waals surface area contributed by atoms with Crippen molar-refractivity contribution in [2.45, 2.75) is 26.2 Å². The summed E-state index contributed by atoms with van der Waals surface area (Å²) >= 11 is 0. The summed E-state index contributed by atoms with van der Waals surface area (Å²) in [6.07, 6.45) is 7.40. The van der Waals surface area contributed by atoms with Gasteiger partial charge in [-0.2, -0.15) is 0 Å². The van der Waals surface area contributed by atoms with Gasteiger partial charge < -0.3 is 17.0 Å². The van der Waals surface area contributed by atoms with Crippen molar-refractivity contribution in [3.8, 4) is 0 Å². The van der Waals surface area contributed by atoms with Crippen LogP contribution in [0.4, 0.5) is 0 Å². The zero-order valence-electron chi connectivity index (χ0n) is 18.8. The second kappa shape index (κ2) is 15.4. The van der Waals surface area contributed by atoms with Gasteiger partial charge in [-0.1, -0.05) is 24.3 Å². The molecule has 0 aromatic carbocycles. The van der Waals surface area contributed by atoms with Gasteiger partial charge in [-0.3, -0.25) is 29.7 Å². The molecule has 0 saturated heterocycles. The molecule has 0 unspecified atom stereocenters. The standard InChI is InChI=1S/C26H28N6.BrH.Cu/c1-5-13-27-23(9-1)19-31(20-24-10-2-6-14-28-24)17-18-32(21-25-11-3-7-15-29-25)22-26-12-4-8-16-30-26;;/h1-16H,17-22H2;1H;/p-1. The number of hydrogen-bond donors (Lipinski definition) is 0. The molecular weight excluding hydrogens is 540 g/mol. The van der Waals surface area contributed by atoms with Crippen LogP contribution in [-0.4, -0.2) is 42.8 Å². The number of pyridine rings is 4. The van der Waals surface area contributed by atoms with Crippen molar-refractivity contribution in [3.05, 3.63) is 120 Å². The molecule has 4 aromatic heterocycles. The summed E-state index contributed by atoms with van der Waals surface area (Å²) in [7, 11) is 0. The average molecular weight is 568 g/mol. The molecule has 0 aliphatic heterocycles. The van der Waals surface area contributed by atoms with Crippen LogP contribution in [0.3, 0.4) is 0 Å². The minimum atomic E-state index is 0. The Morgan fingerprint density at radius 3 is 0.912 bits per heavy atom. The molecular formula is C26H28BrCuN6-. The van der Waals surface area contributed by atoms with E-state index in [1.165, 1.54) is 0 Å². The molecule has 0 atom stereocenters. The topological polar surface area (TPSA) is 58.0 Å². The molecule has 8 heteroatoms. The van der Waals surface area contributed by atoms with Crippen molar-refractivity contribution < 1.29 is 34.1 Å². The van der Waals surface area contributed by atoms with Gasteiger partial charge in [0.05, 0.1) is 22.8 Å². The molecule has 0 N–H and O–H groups in total. The zero-order chi connectivity index (χ0) is 21.8. The average Bonchev–Trinajstić information content (AvgIpc) is 2.85. The van der Waals surface area contributed by atoms with Crippen LogP contribution < -0.4 is 17.0 Å². The number of halogens is 1. The molecule has 0 spiro atoms. The summed E-state index contributed by atoms with van der Waals surface area (Å²) in [4.78, 5) is 22.9. The van der Waals surface area contributed by atoms with E-state index in [4.69, 9.17) is 0 Å². The predicted molar refractivity (Wildman–Crippen MR) is 125 cm³/mol. The first-order valence-corrected chi connectivity index (χ1v) is 10.9. The fourth-order valence-corrected chi connectivity index (χ4v) is 3.59. The van der Waals surface area contributed by atoms with Gasteiger partial charge >= 0.3 is 0 Å². The van der Waals surface area contributed by atoms with Crippen molar-refractivity contribution in [1.29, 1.82) is 0 Å². The third kappa shape index (κ3) is 9.41. The Morgan fingerprint density at radius 2 is 0.706 bits per heavy atom. The minimum Gasteiger partial charge on any atom is -1.00 e. The smallest absolute Gasteiger partial charge is 0.0544 e. The molecule has 0 aliphatic carbocycles. The van der Waals surface area contributed by atoms with E-state index < -0.39 is 0 Å². The number of hydrogen-bond acceptors (Lipinski definition) is 6. The first-order chi connectivity index (χ1) is 15.8. The normalized spacial score (nSPS) is 10.5. The van der Waals surface area contributed by atoms with Gasteiger partial charge in [0, 0.05) is 81.1 Å². The Balaban J connectivity index is 0.00000204. The van der Waals surface area contributed by atoms with Crippen LogP contribution in [0.25, 0.3) is 0 Å².